The minimum absolute atomic E-state index is 0.0892. The number of hydrogen-bond acceptors (Lipinski definition) is 5. The average molecular weight is 379 g/mol. The number of benzene rings is 1. The van der Waals surface area contributed by atoms with Crippen LogP contribution in [-0.2, 0) is 16.4 Å². The molecule has 2 N–H and O–H groups in total. The number of carbonyl (C=O) groups is 2. The van der Waals surface area contributed by atoms with E-state index in [0.717, 1.165) is 12.3 Å². The van der Waals surface area contributed by atoms with E-state index in [-0.39, 0.29) is 16.1 Å². The first-order valence-corrected chi connectivity index (χ1v) is 9.80. The van der Waals surface area contributed by atoms with Crippen LogP contribution in [0.15, 0.2) is 29.3 Å². The first-order chi connectivity index (χ1) is 12.0. The second-order valence-corrected chi connectivity index (χ2v) is 8.51. The molecule has 0 spiro atoms. The summed E-state index contributed by atoms with van der Waals surface area (Å²) in [6, 6.07) is 3.50. The third-order valence-electron chi connectivity index (χ3n) is 3.73. The summed E-state index contributed by atoms with van der Waals surface area (Å²) in [6.07, 6.45) is 2.41. The summed E-state index contributed by atoms with van der Waals surface area (Å²) in [6.45, 7) is 6.49. The van der Waals surface area contributed by atoms with Gasteiger partial charge in [0.15, 0.2) is 9.84 Å². The van der Waals surface area contributed by atoms with Crippen molar-refractivity contribution in [2.45, 2.75) is 32.2 Å². The summed E-state index contributed by atoms with van der Waals surface area (Å²) < 4.78 is 25.2. The van der Waals surface area contributed by atoms with E-state index in [2.05, 4.69) is 10.4 Å². The van der Waals surface area contributed by atoms with E-state index >= 15 is 0 Å². The minimum atomic E-state index is -3.63. The maximum Gasteiger partial charge on any atom is 0.335 e. The number of nitrogens with one attached hydrogen (secondary N) is 1. The molecule has 2 rings (SSSR count). The fourth-order valence-electron chi connectivity index (χ4n) is 2.41. The van der Waals surface area contributed by atoms with Gasteiger partial charge in [0.1, 0.15) is 0 Å². The molecule has 2 aromatic rings. The zero-order valence-corrected chi connectivity index (χ0v) is 15.8. The van der Waals surface area contributed by atoms with Gasteiger partial charge in [-0.1, -0.05) is 13.8 Å². The Labute approximate surface area is 151 Å². The molecule has 1 aromatic heterocycles. The van der Waals surface area contributed by atoms with Gasteiger partial charge in [-0.2, -0.15) is 5.10 Å². The zero-order chi connectivity index (χ0) is 19.6. The number of sulfone groups is 1. The summed E-state index contributed by atoms with van der Waals surface area (Å²) >= 11 is 0. The molecule has 0 atom stereocenters. The highest BCUT2D eigenvalue weighted by molar-refractivity contribution is 7.90. The van der Waals surface area contributed by atoms with Crippen LogP contribution in [0.3, 0.4) is 0 Å². The van der Waals surface area contributed by atoms with Crippen LogP contribution < -0.4 is 5.32 Å². The number of hydrogen-bond donors (Lipinski definition) is 2. The SMILES string of the molecule is Cc1c(C(=O)Nc2cc(C(=O)O)cc(S(C)(=O)=O)c2)cnn1CC(C)C. The van der Waals surface area contributed by atoms with Crippen molar-refractivity contribution in [1.82, 2.24) is 9.78 Å². The van der Waals surface area contributed by atoms with Crippen LogP contribution in [0.2, 0.25) is 0 Å². The van der Waals surface area contributed by atoms with Gasteiger partial charge in [0.25, 0.3) is 5.91 Å². The lowest BCUT2D eigenvalue weighted by Crippen LogP contribution is -2.15. The molecule has 1 amide bonds. The first-order valence-electron chi connectivity index (χ1n) is 7.91. The molecule has 140 valence electrons. The van der Waals surface area contributed by atoms with Crippen LogP contribution in [0.5, 0.6) is 0 Å². The molecule has 8 nitrogen and oxygen atoms in total. The van der Waals surface area contributed by atoms with E-state index in [1.165, 1.54) is 18.3 Å². The van der Waals surface area contributed by atoms with Crippen molar-refractivity contribution in [2.24, 2.45) is 5.92 Å². The van der Waals surface area contributed by atoms with Crippen molar-refractivity contribution in [3.8, 4) is 0 Å². The number of aromatic carboxylic acids is 1. The first kappa shape index (κ1) is 19.6. The predicted molar refractivity (Wildman–Crippen MR) is 96.3 cm³/mol. The molecule has 0 aliphatic heterocycles. The lowest BCUT2D eigenvalue weighted by molar-refractivity contribution is 0.0696. The molecule has 0 saturated heterocycles. The third-order valence-corrected chi connectivity index (χ3v) is 4.82. The molecule has 0 radical (unpaired) electrons. The predicted octanol–water partition coefficient (Wildman–Crippen LogP) is 2.20. The van der Waals surface area contributed by atoms with Gasteiger partial charge in [-0.3, -0.25) is 9.48 Å². The summed E-state index contributed by atoms with van der Waals surface area (Å²) in [4.78, 5) is 23.6. The molecule has 0 saturated carbocycles. The highest BCUT2D eigenvalue weighted by Gasteiger charge is 2.18. The maximum absolute atomic E-state index is 12.5. The number of anilines is 1. The van der Waals surface area contributed by atoms with Crippen molar-refractivity contribution in [3.05, 3.63) is 41.2 Å². The molecule has 1 heterocycles. The van der Waals surface area contributed by atoms with Crippen LogP contribution in [0.25, 0.3) is 0 Å². The van der Waals surface area contributed by atoms with Crippen molar-refractivity contribution in [2.75, 3.05) is 11.6 Å². The van der Waals surface area contributed by atoms with Gasteiger partial charge in [0.05, 0.1) is 22.2 Å². The molecule has 26 heavy (non-hydrogen) atoms. The fourth-order valence-corrected chi connectivity index (χ4v) is 3.09. The van der Waals surface area contributed by atoms with E-state index in [9.17, 15) is 18.0 Å². The molecule has 0 unspecified atom stereocenters. The summed E-state index contributed by atoms with van der Waals surface area (Å²) in [7, 11) is -3.63. The fraction of sp³-hybridized carbons (Fsp3) is 0.353. The molecular formula is C17H21N3O5S. The van der Waals surface area contributed by atoms with Crippen LogP contribution in [0, 0.1) is 12.8 Å². The third kappa shape index (κ3) is 4.48. The molecule has 0 bridgehead atoms. The molecule has 0 fully saturated rings. The number of aromatic nitrogens is 2. The normalized spacial score (nSPS) is 11.6. The minimum Gasteiger partial charge on any atom is -0.478 e. The average Bonchev–Trinajstić information content (AvgIpc) is 2.86. The zero-order valence-electron chi connectivity index (χ0n) is 15.0. The Balaban J connectivity index is 2.36. The maximum atomic E-state index is 12.5. The van der Waals surface area contributed by atoms with Gasteiger partial charge in [0.2, 0.25) is 0 Å². The van der Waals surface area contributed by atoms with E-state index in [0.29, 0.717) is 23.7 Å². The van der Waals surface area contributed by atoms with Gasteiger partial charge in [-0.05, 0) is 31.0 Å². The Morgan fingerprint density at radius 1 is 1.27 bits per heavy atom. The van der Waals surface area contributed by atoms with Crippen LogP contribution in [0.1, 0.15) is 40.3 Å². The monoisotopic (exact) mass is 379 g/mol. The molecule has 9 heteroatoms. The van der Waals surface area contributed by atoms with E-state index in [1.54, 1.807) is 11.6 Å². The van der Waals surface area contributed by atoms with Crippen LogP contribution in [-0.4, -0.2) is 41.4 Å². The van der Waals surface area contributed by atoms with Gasteiger partial charge in [-0.15, -0.1) is 0 Å². The molecule has 0 aliphatic rings. The topological polar surface area (TPSA) is 118 Å². The standard InChI is InChI=1S/C17H21N3O5S/c1-10(2)9-20-11(3)15(8-18-20)16(21)19-13-5-12(17(22)23)6-14(7-13)26(4,24)25/h5-8,10H,9H2,1-4H3,(H,19,21)(H,22,23). The Hall–Kier alpha value is -2.68. The number of carboxylic acids is 1. The number of amides is 1. The number of nitrogens with zero attached hydrogens (tertiary/aromatic N) is 2. The Bertz CT molecular complexity index is 961. The van der Waals surface area contributed by atoms with Crippen molar-refractivity contribution >= 4 is 27.4 Å². The largest absolute Gasteiger partial charge is 0.478 e. The second-order valence-electron chi connectivity index (χ2n) is 6.50. The van der Waals surface area contributed by atoms with E-state index in [1.807, 2.05) is 13.8 Å². The highest BCUT2D eigenvalue weighted by atomic mass is 32.2. The Morgan fingerprint density at radius 3 is 2.46 bits per heavy atom. The van der Waals surface area contributed by atoms with Crippen LogP contribution in [0.4, 0.5) is 5.69 Å². The van der Waals surface area contributed by atoms with Crippen molar-refractivity contribution in [3.63, 3.8) is 0 Å². The number of carboxylic acid groups (broad SMARTS) is 1. The Kier molecular flexibility index (Phi) is 5.50. The molecule has 0 aliphatic carbocycles. The van der Waals surface area contributed by atoms with Gasteiger partial charge < -0.3 is 10.4 Å². The second kappa shape index (κ2) is 7.28. The highest BCUT2D eigenvalue weighted by Crippen LogP contribution is 2.21. The summed E-state index contributed by atoms with van der Waals surface area (Å²) in [5.41, 5.74) is 0.878. The number of rotatable bonds is 6. The van der Waals surface area contributed by atoms with Crippen molar-refractivity contribution < 1.29 is 23.1 Å². The molecule has 1 aromatic carbocycles. The molecular weight excluding hydrogens is 358 g/mol. The smallest absolute Gasteiger partial charge is 0.335 e. The lowest BCUT2D eigenvalue weighted by atomic mass is 10.2. The quantitative estimate of drug-likeness (QED) is 0.794. The van der Waals surface area contributed by atoms with Crippen molar-refractivity contribution in [1.29, 1.82) is 0 Å². The summed E-state index contributed by atoms with van der Waals surface area (Å²) in [5.74, 6) is -1.42. The van der Waals surface area contributed by atoms with Gasteiger partial charge in [0, 0.05) is 24.2 Å². The van der Waals surface area contributed by atoms with Gasteiger partial charge >= 0.3 is 5.97 Å². The lowest BCUT2D eigenvalue weighted by Gasteiger charge is -2.10. The van der Waals surface area contributed by atoms with Gasteiger partial charge in [-0.25, -0.2) is 13.2 Å². The van der Waals surface area contributed by atoms with E-state index < -0.39 is 21.7 Å². The van der Waals surface area contributed by atoms with E-state index in [4.69, 9.17) is 5.11 Å². The summed E-state index contributed by atoms with van der Waals surface area (Å²) in [5, 5.41) is 15.9. The Morgan fingerprint density at radius 2 is 1.92 bits per heavy atom. The van der Waals surface area contributed by atoms with Crippen LogP contribution >= 0.6 is 0 Å². The number of carbonyl (C=O) groups excluding carboxylic acids is 1.